The predicted octanol–water partition coefficient (Wildman–Crippen LogP) is 22.0. The van der Waals surface area contributed by atoms with Crippen molar-refractivity contribution in [2.24, 2.45) is 0 Å². The topological polar surface area (TPSA) is 9.86 Å². The molecule has 87 heavy (non-hydrogen) atoms. The highest BCUT2D eigenvalue weighted by Gasteiger charge is 2.70. The van der Waals surface area contributed by atoms with E-state index in [4.69, 9.17) is 0 Å². The molecule has 5 unspecified atom stereocenters. The van der Waals surface area contributed by atoms with Crippen molar-refractivity contribution < 1.29 is 0 Å². The summed E-state index contributed by atoms with van der Waals surface area (Å²) in [6.45, 7) is 0. The van der Waals surface area contributed by atoms with Crippen molar-refractivity contribution in [1.82, 2.24) is 9.13 Å². The van der Waals surface area contributed by atoms with E-state index in [1.54, 1.807) is 0 Å². The number of benzene rings is 13. The lowest BCUT2D eigenvalue weighted by Gasteiger charge is -2.58. The Kier molecular flexibility index (Phi) is 9.93. The quantitative estimate of drug-likeness (QED) is 0.157. The molecule has 0 aliphatic heterocycles. The van der Waals surface area contributed by atoms with Crippen LogP contribution in [0, 0.1) is 0 Å². The van der Waals surface area contributed by atoms with E-state index in [1.807, 2.05) is 0 Å². The molecule has 15 aromatic rings. The first-order chi connectivity index (χ1) is 43.0. The minimum atomic E-state index is -0.104. The fourth-order valence-electron chi connectivity index (χ4n) is 17.6. The molecule has 1 spiro atoms. The number of nitrogens with zero attached hydrogens (tertiary/aromatic N) is 2. The first-order valence-electron chi connectivity index (χ1n) is 30.4. The number of halogens is 2. The van der Waals surface area contributed by atoms with Gasteiger partial charge in [-0.15, -0.1) is 0 Å². The van der Waals surface area contributed by atoms with Crippen molar-refractivity contribution in [2.45, 2.75) is 29.1 Å². The van der Waals surface area contributed by atoms with Crippen LogP contribution in [0.15, 0.2) is 288 Å². The summed E-state index contributed by atoms with van der Waals surface area (Å²) in [5.74, 6) is 0.585. The minimum Gasteiger partial charge on any atom is -0.309 e. The van der Waals surface area contributed by atoms with Crippen LogP contribution in [-0.2, 0) is 5.41 Å². The van der Waals surface area contributed by atoms with Crippen molar-refractivity contribution in [1.29, 1.82) is 0 Å². The summed E-state index contributed by atoms with van der Waals surface area (Å²) in [4.78, 5) is 0. The van der Waals surface area contributed by atoms with Crippen LogP contribution in [0.3, 0.4) is 0 Å². The zero-order chi connectivity index (χ0) is 57.0. The molecule has 0 saturated carbocycles. The molecule has 2 heterocycles. The second-order valence-electron chi connectivity index (χ2n) is 24.7. The van der Waals surface area contributed by atoms with Crippen LogP contribution in [0.25, 0.3) is 99.5 Å². The summed E-state index contributed by atoms with van der Waals surface area (Å²) in [5, 5.41) is 5.06. The average molecular weight is 1240 g/mol. The second kappa shape index (κ2) is 17.8. The Bertz CT molecular complexity index is 5460. The molecule has 0 N–H and O–H groups in total. The fourth-order valence-corrected chi connectivity index (χ4v) is 18.9. The van der Waals surface area contributed by atoms with Gasteiger partial charge >= 0.3 is 0 Å². The van der Waals surface area contributed by atoms with Gasteiger partial charge in [0.05, 0.1) is 22.1 Å². The molecule has 2 bridgehead atoms. The highest BCUT2D eigenvalue weighted by atomic mass is 79.9. The highest BCUT2D eigenvalue weighted by Crippen LogP contribution is 2.79. The van der Waals surface area contributed by atoms with Crippen molar-refractivity contribution in [2.75, 3.05) is 0 Å². The lowest BCUT2D eigenvalue weighted by Crippen LogP contribution is -2.52. The predicted molar refractivity (Wildman–Crippen MR) is 364 cm³/mol. The molecule has 4 heteroatoms. The number of fused-ring (bicyclic) bond motifs is 13. The highest BCUT2D eigenvalue weighted by molar-refractivity contribution is 9.11. The van der Waals surface area contributed by atoms with E-state index in [0.717, 1.165) is 5.69 Å². The van der Waals surface area contributed by atoms with Gasteiger partial charge < -0.3 is 9.13 Å². The Morgan fingerprint density at radius 2 is 0.747 bits per heavy atom. The van der Waals surface area contributed by atoms with Crippen LogP contribution < -0.4 is 0 Å². The average Bonchev–Trinajstić information content (AvgIpc) is 1.50. The number of hydrogen-bond donors (Lipinski definition) is 0. The van der Waals surface area contributed by atoms with Crippen molar-refractivity contribution in [3.05, 3.63) is 355 Å². The third-order valence-electron chi connectivity index (χ3n) is 20.9. The number of para-hydroxylation sites is 4. The molecule has 6 aliphatic carbocycles. The van der Waals surface area contributed by atoms with E-state index in [2.05, 4.69) is 320 Å². The van der Waals surface area contributed by atoms with Crippen LogP contribution in [0.5, 0.6) is 0 Å². The van der Waals surface area contributed by atoms with Crippen LogP contribution in [0.1, 0.15) is 90.4 Å². The van der Waals surface area contributed by atoms with E-state index in [0.29, 0.717) is 0 Å². The van der Waals surface area contributed by atoms with Crippen molar-refractivity contribution >= 4 is 75.5 Å². The van der Waals surface area contributed by atoms with Gasteiger partial charge in [0, 0.05) is 71.0 Å². The molecule has 0 radical (unpaired) electrons. The Morgan fingerprint density at radius 3 is 1.40 bits per heavy atom. The molecular formula is C83H50Br2N2. The number of aromatic nitrogens is 2. The smallest absolute Gasteiger partial charge is 0.0541 e. The van der Waals surface area contributed by atoms with Gasteiger partial charge in [-0.2, -0.15) is 0 Å². The maximum absolute atomic E-state index is 4.53. The Morgan fingerprint density at radius 1 is 0.276 bits per heavy atom. The first-order valence-corrected chi connectivity index (χ1v) is 32.0. The lowest BCUT2D eigenvalue weighted by molar-refractivity contribution is 0.332. The van der Waals surface area contributed by atoms with E-state index < -0.39 is 0 Å². The second-order valence-corrected chi connectivity index (χ2v) is 26.3. The Hall–Kier alpha value is -9.58. The Labute approximate surface area is 520 Å². The van der Waals surface area contributed by atoms with E-state index in [1.165, 1.54) is 170 Å². The van der Waals surface area contributed by atoms with Gasteiger partial charge in [0.25, 0.3) is 0 Å². The first kappa shape index (κ1) is 48.6. The third-order valence-corrected chi connectivity index (χ3v) is 22.5. The molecule has 2 aromatic heterocycles. The van der Waals surface area contributed by atoms with E-state index >= 15 is 0 Å². The van der Waals surface area contributed by atoms with Gasteiger partial charge in [0.15, 0.2) is 0 Å². The standard InChI is InChI=1S/C83H50Br2N2/c84-69-42-41-54(48-34-38-53(39-35-48)87-70-27-13-8-18-55(70)56-19-9-14-28-71(56)87)76-75-59-22-5-4-21-58(59)74(78(69)76)60-40-36-51(45-66(60)75)64-46-63(77-79(82(64)85)81-62-24-7-12-26-68(62)83(81)67-25-11-6-23-61(67)80(77)83)49-32-30-47(31-33-49)50-37-43-73-65(44-50)57-20-10-15-29-72(57)86(73)52-16-2-1-3-17-52/h1-46,74-75,80-81H. The lowest BCUT2D eigenvalue weighted by atomic mass is 9.43. The molecule has 21 rings (SSSR count). The van der Waals surface area contributed by atoms with Crippen LogP contribution >= 0.6 is 31.9 Å². The van der Waals surface area contributed by atoms with E-state index in [9.17, 15) is 0 Å². The maximum atomic E-state index is 4.53. The number of hydrogen-bond acceptors (Lipinski definition) is 0. The van der Waals surface area contributed by atoms with Crippen molar-refractivity contribution in [3.63, 3.8) is 0 Å². The van der Waals surface area contributed by atoms with Gasteiger partial charge in [-0.1, -0.05) is 222 Å². The van der Waals surface area contributed by atoms with Crippen LogP contribution in [-0.4, -0.2) is 9.13 Å². The summed E-state index contributed by atoms with van der Waals surface area (Å²) in [6.07, 6.45) is 0. The molecule has 406 valence electrons. The van der Waals surface area contributed by atoms with Gasteiger partial charge in [-0.05, 0) is 200 Å². The molecule has 5 atom stereocenters. The number of rotatable bonds is 6. The Balaban J connectivity index is 0.749. The summed E-state index contributed by atoms with van der Waals surface area (Å²) < 4.78 is 7.20. The summed E-state index contributed by atoms with van der Waals surface area (Å²) in [7, 11) is 0. The molecule has 6 aliphatic rings. The zero-order valence-corrected chi connectivity index (χ0v) is 50.2. The van der Waals surface area contributed by atoms with Gasteiger partial charge in [0.1, 0.15) is 0 Å². The molecule has 0 amide bonds. The molecule has 0 saturated heterocycles. The molecule has 2 nitrogen and oxygen atoms in total. The third kappa shape index (κ3) is 6.29. The molecule has 13 aromatic carbocycles. The van der Waals surface area contributed by atoms with Gasteiger partial charge in [0.2, 0.25) is 0 Å². The van der Waals surface area contributed by atoms with Crippen LogP contribution in [0.2, 0.25) is 0 Å². The minimum absolute atomic E-state index is 0.0297. The monoisotopic (exact) mass is 1230 g/mol. The summed E-state index contributed by atoms with van der Waals surface area (Å²) in [5.41, 5.74) is 34.2. The summed E-state index contributed by atoms with van der Waals surface area (Å²) in [6, 6.07) is 106. The summed E-state index contributed by atoms with van der Waals surface area (Å²) >= 11 is 8.71. The van der Waals surface area contributed by atoms with Gasteiger partial charge in [-0.25, -0.2) is 0 Å². The maximum Gasteiger partial charge on any atom is 0.0541 e. The van der Waals surface area contributed by atoms with Crippen LogP contribution in [0.4, 0.5) is 0 Å². The SMILES string of the molecule is Brc1ccc(-c2ccc(-n3c4ccccc4c4ccccc43)cc2)c2c1C1c3ccccc3C2c2cc(-c3cc(-c4ccc(-c5ccc6c(c5)c5ccccc5n6-c5ccccc5)cc4)c4c(c3Br)C3c5ccccc5C35c3ccccc3C45)ccc21. The molecule has 0 fully saturated rings. The fraction of sp³-hybridized carbons (Fsp3) is 0.0602. The normalized spacial score (nSPS) is 18.5. The van der Waals surface area contributed by atoms with Crippen molar-refractivity contribution in [3.8, 4) is 55.9 Å². The van der Waals surface area contributed by atoms with E-state index in [-0.39, 0.29) is 29.1 Å². The van der Waals surface area contributed by atoms with Gasteiger partial charge in [-0.3, -0.25) is 0 Å². The molecular weight excluding hydrogens is 1180 g/mol. The zero-order valence-electron chi connectivity index (χ0n) is 47.0. The largest absolute Gasteiger partial charge is 0.309 e.